The zero-order chi connectivity index (χ0) is 17.1. The van der Waals surface area contributed by atoms with Crippen LogP contribution < -0.4 is 0 Å². The van der Waals surface area contributed by atoms with Gasteiger partial charge in [-0.25, -0.2) is 4.39 Å². The van der Waals surface area contributed by atoms with Crippen LogP contribution in [0.1, 0.15) is 32.3 Å². The van der Waals surface area contributed by atoms with Crippen molar-refractivity contribution >= 4 is 0 Å². The predicted octanol–water partition coefficient (Wildman–Crippen LogP) is 2.47. The van der Waals surface area contributed by atoms with Crippen molar-refractivity contribution in [3.63, 3.8) is 0 Å². The maximum absolute atomic E-state index is 13.0. The second-order valence-electron chi connectivity index (χ2n) is 7.12. The van der Waals surface area contributed by atoms with Crippen LogP contribution in [-0.2, 0) is 11.3 Å². The molecule has 2 aliphatic heterocycles. The van der Waals surface area contributed by atoms with E-state index >= 15 is 0 Å². The molecule has 1 unspecified atom stereocenters. The highest BCUT2D eigenvalue weighted by Gasteiger charge is 2.37. The topological polar surface area (TPSA) is 35.9 Å². The first-order valence-electron chi connectivity index (χ1n) is 9.11. The van der Waals surface area contributed by atoms with E-state index in [-0.39, 0.29) is 18.0 Å². The summed E-state index contributed by atoms with van der Waals surface area (Å²) in [6.07, 6.45) is 1.85. The Kier molecular flexibility index (Phi) is 5.87. The van der Waals surface area contributed by atoms with Gasteiger partial charge in [-0.3, -0.25) is 9.80 Å². The fraction of sp³-hybridized carbons (Fsp3) is 0.684. The summed E-state index contributed by atoms with van der Waals surface area (Å²) in [7, 11) is 0. The fourth-order valence-corrected chi connectivity index (χ4v) is 3.93. The molecule has 5 heteroatoms. The minimum atomic E-state index is -0.482. The molecule has 0 spiro atoms. The molecular weight excluding hydrogens is 307 g/mol. The van der Waals surface area contributed by atoms with Gasteiger partial charge >= 0.3 is 0 Å². The van der Waals surface area contributed by atoms with Gasteiger partial charge in [-0.1, -0.05) is 19.1 Å². The van der Waals surface area contributed by atoms with Crippen LogP contribution in [0.4, 0.5) is 4.39 Å². The number of ether oxygens (including phenoxy) is 1. The van der Waals surface area contributed by atoms with Gasteiger partial charge in [0.05, 0.1) is 12.2 Å². The van der Waals surface area contributed by atoms with Crippen LogP contribution >= 0.6 is 0 Å². The zero-order valence-electron chi connectivity index (χ0n) is 14.7. The summed E-state index contributed by atoms with van der Waals surface area (Å²) in [4.78, 5) is 4.55. The molecule has 0 bridgehead atoms. The van der Waals surface area contributed by atoms with E-state index in [1.165, 1.54) is 12.1 Å². The number of hydrogen-bond acceptors (Lipinski definition) is 4. The smallest absolute Gasteiger partial charge is 0.133 e. The lowest BCUT2D eigenvalue weighted by molar-refractivity contribution is -0.196. The van der Waals surface area contributed by atoms with Gasteiger partial charge in [0, 0.05) is 13.1 Å². The van der Waals surface area contributed by atoms with Crippen LogP contribution in [0.2, 0.25) is 0 Å². The normalized spacial score (nSPS) is 30.6. The summed E-state index contributed by atoms with van der Waals surface area (Å²) >= 11 is 0. The van der Waals surface area contributed by atoms with Crippen molar-refractivity contribution in [1.82, 2.24) is 9.80 Å². The van der Waals surface area contributed by atoms with E-state index < -0.39 is 6.23 Å². The molecule has 2 heterocycles. The number of morpholine rings is 1. The number of piperidine rings is 1. The Hall–Kier alpha value is -1.01. The van der Waals surface area contributed by atoms with Gasteiger partial charge < -0.3 is 9.84 Å². The Balaban J connectivity index is 1.50. The number of aliphatic hydroxyl groups is 1. The first-order valence-corrected chi connectivity index (χ1v) is 9.11. The minimum absolute atomic E-state index is 0.124. The van der Waals surface area contributed by atoms with Crippen LogP contribution in [0.3, 0.4) is 0 Å². The first-order chi connectivity index (χ1) is 11.6. The number of likely N-dealkylation sites (N-methyl/N-ethyl adjacent to an activating group) is 1. The van der Waals surface area contributed by atoms with Crippen LogP contribution in [0.5, 0.6) is 0 Å². The molecule has 0 saturated carbocycles. The van der Waals surface area contributed by atoms with E-state index in [2.05, 4.69) is 16.7 Å². The standard InChI is InChI=1S/C19H29FN2O2/c1-3-22-13-18(24-14(2)19(22)23)16-8-10-21(11-9-16)12-15-4-6-17(20)7-5-15/h4-7,14,16,18-19,23H,3,8-13H2,1-2H3/t14-,18-,19?/m0/s1. The number of nitrogens with zero attached hydrogens (tertiary/aromatic N) is 2. The predicted molar refractivity (Wildman–Crippen MR) is 92.0 cm³/mol. The Morgan fingerprint density at radius 2 is 1.88 bits per heavy atom. The first kappa shape index (κ1) is 17.8. The molecule has 2 saturated heterocycles. The molecule has 1 aromatic carbocycles. The van der Waals surface area contributed by atoms with Crippen molar-refractivity contribution < 1.29 is 14.2 Å². The maximum atomic E-state index is 13.0. The van der Waals surface area contributed by atoms with Crippen molar-refractivity contribution in [2.75, 3.05) is 26.2 Å². The Labute approximate surface area is 144 Å². The number of likely N-dealkylation sites (tertiary alicyclic amines) is 1. The minimum Gasteiger partial charge on any atom is -0.376 e. The molecule has 3 atom stereocenters. The fourth-order valence-electron chi connectivity index (χ4n) is 3.93. The third-order valence-electron chi connectivity index (χ3n) is 5.48. The molecule has 3 rings (SSSR count). The average molecular weight is 336 g/mol. The summed E-state index contributed by atoms with van der Waals surface area (Å²) in [6, 6.07) is 6.80. The summed E-state index contributed by atoms with van der Waals surface area (Å²) in [5.74, 6) is 0.377. The molecule has 1 N–H and O–H groups in total. The van der Waals surface area contributed by atoms with E-state index in [1.807, 2.05) is 19.1 Å². The van der Waals surface area contributed by atoms with Gasteiger partial charge in [0.1, 0.15) is 12.0 Å². The molecule has 0 radical (unpaired) electrons. The van der Waals surface area contributed by atoms with Gasteiger partial charge in [0.25, 0.3) is 0 Å². The lowest BCUT2D eigenvalue weighted by Crippen LogP contribution is -2.56. The number of halogens is 1. The van der Waals surface area contributed by atoms with Gasteiger partial charge in [-0.05, 0) is 63.0 Å². The SMILES string of the molecule is CCN1C[C@@H](C2CCN(Cc3ccc(F)cc3)CC2)O[C@@H](C)C1O. The van der Waals surface area contributed by atoms with E-state index in [0.29, 0.717) is 5.92 Å². The van der Waals surface area contributed by atoms with Crippen molar-refractivity contribution in [2.45, 2.75) is 51.7 Å². The third-order valence-corrected chi connectivity index (χ3v) is 5.48. The molecule has 0 aliphatic carbocycles. The molecule has 2 aliphatic rings. The lowest BCUT2D eigenvalue weighted by Gasteiger charge is -2.45. The van der Waals surface area contributed by atoms with Crippen LogP contribution in [-0.4, -0.2) is 59.5 Å². The largest absolute Gasteiger partial charge is 0.376 e. The van der Waals surface area contributed by atoms with Gasteiger partial charge in [0.2, 0.25) is 0 Å². The number of hydrogen-bond donors (Lipinski definition) is 1. The Morgan fingerprint density at radius 3 is 2.50 bits per heavy atom. The molecule has 0 aromatic heterocycles. The molecule has 24 heavy (non-hydrogen) atoms. The molecule has 1 aromatic rings. The quantitative estimate of drug-likeness (QED) is 0.916. The molecule has 134 valence electrons. The Morgan fingerprint density at radius 1 is 1.21 bits per heavy atom. The second-order valence-corrected chi connectivity index (χ2v) is 7.12. The third kappa shape index (κ3) is 4.14. The highest BCUT2D eigenvalue weighted by Crippen LogP contribution is 2.29. The number of rotatable bonds is 4. The number of benzene rings is 1. The van der Waals surface area contributed by atoms with Crippen molar-refractivity contribution in [3.05, 3.63) is 35.6 Å². The van der Waals surface area contributed by atoms with Crippen molar-refractivity contribution in [1.29, 1.82) is 0 Å². The summed E-state index contributed by atoms with van der Waals surface area (Å²) in [5, 5.41) is 10.1. The summed E-state index contributed by atoms with van der Waals surface area (Å²) in [6.45, 7) is 8.71. The molecule has 0 amide bonds. The molecule has 4 nitrogen and oxygen atoms in total. The molecular formula is C19H29FN2O2. The monoisotopic (exact) mass is 336 g/mol. The van der Waals surface area contributed by atoms with Crippen LogP contribution in [0, 0.1) is 11.7 Å². The zero-order valence-corrected chi connectivity index (χ0v) is 14.7. The lowest BCUT2D eigenvalue weighted by atomic mass is 9.89. The van der Waals surface area contributed by atoms with Crippen LogP contribution in [0.25, 0.3) is 0 Å². The Bertz CT molecular complexity index is 517. The van der Waals surface area contributed by atoms with Crippen molar-refractivity contribution in [2.24, 2.45) is 5.92 Å². The van der Waals surface area contributed by atoms with Gasteiger partial charge in [-0.2, -0.15) is 0 Å². The van der Waals surface area contributed by atoms with E-state index in [9.17, 15) is 9.50 Å². The van der Waals surface area contributed by atoms with E-state index in [1.54, 1.807) is 0 Å². The van der Waals surface area contributed by atoms with E-state index in [4.69, 9.17) is 4.74 Å². The van der Waals surface area contributed by atoms with Crippen molar-refractivity contribution in [3.8, 4) is 0 Å². The summed E-state index contributed by atoms with van der Waals surface area (Å²) in [5.41, 5.74) is 1.16. The highest BCUT2D eigenvalue weighted by atomic mass is 19.1. The maximum Gasteiger partial charge on any atom is 0.133 e. The van der Waals surface area contributed by atoms with E-state index in [0.717, 1.165) is 51.1 Å². The second kappa shape index (κ2) is 7.91. The number of aliphatic hydroxyl groups excluding tert-OH is 1. The van der Waals surface area contributed by atoms with Gasteiger partial charge in [-0.15, -0.1) is 0 Å². The average Bonchev–Trinajstić information content (AvgIpc) is 2.60. The van der Waals surface area contributed by atoms with Gasteiger partial charge in [0.15, 0.2) is 0 Å². The van der Waals surface area contributed by atoms with Crippen LogP contribution in [0.15, 0.2) is 24.3 Å². The summed E-state index contributed by atoms with van der Waals surface area (Å²) < 4.78 is 19.1. The highest BCUT2D eigenvalue weighted by molar-refractivity contribution is 5.16. The molecule has 2 fully saturated rings.